The number of carbonyl (C=O) groups excluding carboxylic acids is 1. The number of hydrogen-bond donors (Lipinski definition) is 2. The molecule has 8 heteroatoms. The number of nitrogens with one attached hydrogen (secondary N) is 1. The highest BCUT2D eigenvalue weighted by atomic mass is 19.4. The zero-order valence-electron chi connectivity index (χ0n) is 12.5. The van der Waals surface area contributed by atoms with Crippen LogP contribution in [0.5, 0.6) is 0 Å². The van der Waals surface area contributed by atoms with E-state index >= 15 is 0 Å². The molecule has 0 saturated heterocycles. The van der Waals surface area contributed by atoms with Crippen LogP contribution in [0.1, 0.15) is 36.8 Å². The second kappa shape index (κ2) is 5.19. The smallest absolute Gasteiger partial charge is 0.416 e. The third-order valence-corrected chi connectivity index (χ3v) is 4.87. The first-order chi connectivity index (χ1) is 11.1. The van der Waals surface area contributed by atoms with Gasteiger partial charge < -0.3 is 10.4 Å². The molecule has 4 nitrogen and oxygen atoms in total. The number of carbonyl (C=O) groups is 2. The molecule has 1 aromatic carbocycles. The molecule has 2 N–H and O–H groups in total. The van der Waals surface area contributed by atoms with Gasteiger partial charge in [0.15, 0.2) is 0 Å². The van der Waals surface area contributed by atoms with E-state index in [0.29, 0.717) is 18.9 Å². The summed E-state index contributed by atoms with van der Waals surface area (Å²) in [6.45, 7) is 0.00160. The largest absolute Gasteiger partial charge is 0.480 e. The molecule has 1 aromatic rings. The van der Waals surface area contributed by atoms with Crippen molar-refractivity contribution in [3.05, 3.63) is 35.1 Å². The lowest BCUT2D eigenvalue weighted by Gasteiger charge is -2.20. The number of alkyl halides is 3. The van der Waals surface area contributed by atoms with Crippen LogP contribution in [0, 0.1) is 11.2 Å². The molecule has 0 aliphatic heterocycles. The summed E-state index contributed by atoms with van der Waals surface area (Å²) in [5.41, 5.74) is -3.06. The molecule has 0 aromatic heterocycles. The molecule has 0 atom stereocenters. The summed E-state index contributed by atoms with van der Waals surface area (Å²) in [6, 6.07) is 2.37. The molecule has 24 heavy (non-hydrogen) atoms. The summed E-state index contributed by atoms with van der Waals surface area (Å²) in [5, 5.41) is 11.6. The molecule has 0 spiro atoms. The number of hydrogen-bond acceptors (Lipinski definition) is 2. The molecule has 0 heterocycles. The minimum atomic E-state index is -4.66. The zero-order chi connectivity index (χ0) is 17.8. The van der Waals surface area contributed by atoms with E-state index in [9.17, 15) is 27.2 Å². The van der Waals surface area contributed by atoms with Crippen molar-refractivity contribution in [3.8, 4) is 0 Å². The second-order valence-corrected chi connectivity index (χ2v) is 6.58. The van der Waals surface area contributed by atoms with Crippen molar-refractivity contribution >= 4 is 11.9 Å². The molecular weight excluding hydrogens is 330 g/mol. The first-order valence-electron chi connectivity index (χ1n) is 7.49. The van der Waals surface area contributed by atoms with Crippen molar-refractivity contribution in [3.63, 3.8) is 0 Å². The Labute approximate surface area is 134 Å². The fourth-order valence-corrected chi connectivity index (χ4v) is 2.86. The SMILES string of the molecule is O=C(O)C1(C(=O)NCC2(c3cc(F)cc(C(F)(F)F)c3)CC2)CC1. The lowest BCUT2D eigenvalue weighted by molar-refractivity contribution is -0.149. The van der Waals surface area contributed by atoms with Gasteiger partial charge in [0.1, 0.15) is 11.2 Å². The maximum atomic E-state index is 13.6. The first kappa shape index (κ1) is 16.7. The fraction of sp³-hybridized carbons (Fsp3) is 0.500. The predicted octanol–water partition coefficient (Wildman–Crippen LogP) is 2.86. The van der Waals surface area contributed by atoms with E-state index < -0.39 is 40.3 Å². The number of halogens is 4. The van der Waals surface area contributed by atoms with E-state index in [1.165, 1.54) is 0 Å². The number of rotatable bonds is 5. The van der Waals surface area contributed by atoms with Gasteiger partial charge in [-0.15, -0.1) is 0 Å². The summed E-state index contributed by atoms with van der Waals surface area (Å²) >= 11 is 0. The molecule has 0 unspecified atom stereocenters. The summed E-state index contributed by atoms with van der Waals surface area (Å²) in [4.78, 5) is 23.1. The molecule has 2 aliphatic carbocycles. The molecule has 2 aliphatic rings. The topological polar surface area (TPSA) is 66.4 Å². The highest BCUT2D eigenvalue weighted by Gasteiger charge is 2.57. The average molecular weight is 345 g/mol. The van der Waals surface area contributed by atoms with Crippen LogP contribution in [0.15, 0.2) is 18.2 Å². The second-order valence-electron chi connectivity index (χ2n) is 6.58. The van der Waals surface area contributed by atoms with Crippen molar-refractivity contribution in [1.29, 1.82) is 0 Å². The minimum Gasteiger partial charge on any atom is -0.480 e. The van der Waals surface area contributed by atoms with Gasteiger partial charge in [0, 0.05) is 12.0 Å². The van der Waals surface area contributed by atoms with Gasteiger partial charge in [0.25, 0.3) is 0 Å². The number of carboxylic acids is 1. The average Bonchev–Trinajstić information content (AvgIpc) is 3.36. The van der Waals surface area contributed by atoms with Crippen molar-refractivity contribution in [2.45, 2.75) is 37.3 Å². The standard InChI is InChI=1S/C16H15F4NO3/c17-11-6-9(5-10(7-11)16(18,19)20)14(1-2-14)8-21-12(22)15(3-4-15)13(23)24/h5-7H,1-4,8H2,(H,21,22)(H,23,24). The fourth-order valence-electron chi connectivity index (χ4n) is 2.86. The van der Waals surface area contributed by atoms with E-state index in [4.69, 9.17) is 5.11 Å². The molecule has 0 radical (unpaired) electrons. The van der Waals surface area contributed by atoms with Crippen LogP contribution in [0.4, 0.5) is 17.6 Å². The van der Waals surface area contributed by atoms with E-state index in [2.05, 4.69) is 5.32 Å². The third-order valence-electron chi connectivity index (χ3n) is 4.87. The normalized spacial score (nSPS) is 20.3. The van der Waals surface area contributed by atoms with Gasteiger partial charge in [0.2, 0.25) is 5.91 Å². The number of amides is 1. The Morgan fingerprint density at radius 3 is 2.21 bits per heavy atom. The van der Waals surface area contributed by atoms with Gasteiger partial charge in [-0.05, 0) is 49.4 Å². The molecule has 3 rings (SSSR count). The summed E-state index contributed by atoms with van der Waals surface area (Å²) in [7, 11) is 0. The Balaban J connectivity index is 1.76. The van der Waals surface area contributed by atoms with Crippen molar-refractivity contribution in [1.82, 2.24) is 5.32 Å². The molecule has 2 saturated carbocycles. The van der Waals surface area contributed by atoms with Crippen LogP contribution in [-0.2, 0) is 21.2 Å². The first-order valence-corrected chi connectivity index (χ1v) is 7.49. The summed E-state index contributed by atoms with van der Waals surface area (Å²) in [6.07, 6.45) is -3.14. The maximum absolute atomic E-state index is 13.6. The van der Waals surface area contributed by atoms with E-state index in [1.54, 1.807) is 0 Å². The van der Waals surface area contributed by atoms with Gasteiger partial charge in [-0.1, -0.05) is 0 Å². The number of aliphatic carboxylic acids is 1. The van der Waals surface area contributed by atoms with Crippen molar-refractivity contribution in [2.75, 3.05) is 6.54 Å². The Bertz CT molecular complexity index is 706. The quantitative estimate of drug-likeness (QED) is 0.637. The minimum absolute atomic E-state index is 0.00160. The van der Waals surface area contributed by atoms with Gasteiger partial charge in [-0.3, -0.25) is 9.59 Å². The Kier molecular flexibility index (Phi) is 3.62. The van der Waals surface area contributed by atoms with Crippen molar-refractivity contribution < 1.29 is 32.3 Å². The Hall–Kier alpha value is -2.12. The summed E-state index contributed by atoms with van der Waals surface area (Å²) in [5.74, 6) is -2.81. The van der Waals surface area contributed by atoms with Crippen LogP contribution in [0.3, 0.4) is 0 Å². The molecule has 1 amide bonds. The third kappa shape index (κ3) is 2.85. The van der Waals surface area contributed by atoms with Crippen molar-refractivity contribution in [2.24, 2.45) is 5.41 Å². The van der Waals surface area contributed by atoms with E-state index in [0.717, 1.165) is 12.1 Å². The van der Waals surface area contributed by atoms with Gasteiger partial charge in [-0.25, -0.2) is 4.39 Å². The highest BCUT2D eigenvalue weighted by Crippen LogP contribution is 2.50. The van der Waals surface area contributed by atoms with Crippen LogP contribution < -0.4 is 5.32 Å². The lowest BCUT2D eigenvalue weighted by Crippen LogP contribution is -2.40. The van der Waals surface area contributed by atoms with Gasteiger partial charge in [-0.2, -0.15) is 13.2 Å². The van der Waals surface area contributed by atoms with Crippen LogP contribution >= 0.6 is 0 Å². The Morgan fingerprint density at radius 2 is 1.75 bits per heavy atom. The van der Waals surface area contributed by atoms with Gasteiger partial charge in [0.05, 0.1) is 5.56 Å². The van der Waals surface area contributed by atoms with Crippen LogP contribution in [-0.4, -0.2) is 23.5 Å². The maximum Gasteiger partial charge on any atom is 0.416 e. The zero-order valence-corrected chi connectivity index (χ0v) is 12.5. The molecule has 0 bridgehead atoms. The van der Waals surface area contributed by atoms with E-state index in [1.807, 2.05) is 0 Å². The number of benzene rings is 1. The van der Waals surface area contributed by atoms with Crippen LogP contribution in [0.2, 0.25) is 0 Å². The summed E-state index contributed by atoms with van der Waals surface area (Å²) < 4.78 is 52.0. The Morgan fingerprint density at radius 1 is 1.12 bits per heavy atom. The van der Waals surface area contributed by atoms with E-state index in [-0.39, 0.29) is 24.9 Å². The van der Waals surface area contributed by atoms with Crippen LogP contribution in [0.25, 0.3) is 0 Å². The molecule has 2 fully saturated rings. The lowest BCUT2D eigenvalue weighted by atomic mass is 9.93. The monoisotopic (exact) mass is 345 g/mol. The van der Waals surface area contributed by atoms with Gasteiger partial charge >= 0.3 is 12.1 Å². The number of carboxylic acid groups (broad SMARTS) is 1. The molecule has 130 valence electrons. The highest BCUT2D eigenvalue weighted by molar-refractivity contribution is 6.04. The predicted molar refractivity (Wildman–Crippen MR) is 74.6 cm³/mol. The molecular formula is C16H15F4NO3.